The highest BCUT2D eigenvalue weighted by Crippen LogP contribution is 2.35. The fourth-order valence-electron chi connectivity index (χ4n) is 3.17. The lowest BCUT2D eigenvalue weighted by Crippen LogP contribution is -2.38. The van der Waals surface area contributed by atoms with Gasteiger partial charge in [-0.3, -0.25) is 20.2 Å². The van der Waals surface area contributed by atoms with Crippen LogP contribution in [0.15, 0.2) is 43.0 Å². The number of ether oxygens (including phenoxy) is 2. The molecule has 0 unspecified atom stereocenters. The molecule has 0 aliphatic heterocycles. The standard InChI is InChI=1S/C23H22Cl2N6O8/c1-38-22(36)28-16-5-12(24)14(7-18(16)32)26-20(34)9-30-3-4-31(11-30)10-21(35)27-15-8-19(33)17(6-13(15)25)29-23(37)39-2/h3-8,11H,9-10H2,1-2H3,(H5-,26,27,28,29,32,33,34,35,36,37)/p+1. The Balaban J connectivity index is 1.58. The normalized spacial score (nSPS) is 10.4. The van der Waals surface area contributed by atoms with Crippen LogP contribution in [0.3, 0.4) is 0 Å². The van der Waals surface area contributed by atoms with Gasteiger partial charge < -0.3 is 30.3 Å². The molecule has 3 rings (SSSR count). The Morgan fingerprint density at radius 3 is 1.77 bits per heavy atom. The van der Waals surface area contributed by atoms with Crippen LogP contribution in [0.2, 0.25) is 10.0 Å². The number of phenolic OH excluding ortho intramolecular Hbond substituents is 2. The summed E-state index contributed by atoms with van der Waals surface area (Å²) in [5.41, 5.74) is 0.226. The third-order valence-corrected chi connectivity index (χ3v) is 5.59. The molecule has 0 atom stereocenters. The fourth-order valence-corrected chi connectivity index (χ4v) is 3.60. The van der Waals surface area contributed by atoms with E-state index in [9.17, 15) is 29.4 Å². The number of anilines is 4. The van der Waals surface area contributed by atoms with Gasteiger partial charge in [-0.25, -0.2) is 18.7 Å². The van der Waals surface area contributed by atoms with Crippen LogP contribution in [-0.4, -0.2) is 53.0 Å². The molecule has 0 saturated carbocycles. The first-order valence-corrected chi connectivity index (χ1v) is 11.6. The summed E-state index contributed by atoms with van der Waals surface area (Å²) in [6.45, 7) is -0.301. The summed E-state index contributed by atoms with van der Waals surface area (Å²) in [6, 6.07) is 4.85. The predicted molar refractivity (Wildman–Crippen MR) is 140 cm³/mol. The Labute approximate surface area is 231 Å². The van der Waals surface area contributed by atoms with E-state index in [0.717, 1.165) is 14.2 Å². The van der Waals surface area contributed by atoms with Crippen molar-refractivity contribution in [2.75, 3.05) is 35.5 Å². The first-order chi connectivity index (χ1) is 18.5. The Bertz CT molecular complexity index is 1320. The second-order valence-corrected chi connectivity index (χ2v) is 8.60. The summed E-state index contributed by atoms with van der Waals surface area (Å²) >= 11 is 12.3. The number of aromatic hydroxyl groups is 2. The molecule has 39 heavy (non-hydrogen) atoms. The number of carbonyl (C=O) groups excluding carboxylic acids is 4. The van der Waals surface area contributed by atoms with E-state index >= 15 is 0 Å². The topological polar surface area (TPSA) is 184 Å². The summed E-state index contributed by atoms with van der Waals surface area (Å²) in [4.78, 5) is 47.6. The lowest BCUT2D eigenvalue weighted by atomic mass is 10.2. The number of phenols is 2. The monoisotopic (exact) mass is 581 g/mol. The number of halogens is 2. The van der Waals surface area contributed by atoms with Crippen LogP contribution in [0, 0.1) is 0 Å². The van der Waals surface area contributed by atoms with E-state index in [2.05, 4.69) is 30.7 Å². The van der Waals surface area contributed by atoms with Crippen molar-refractivity contribution in [2.24, 2.45) is 0 Å². The smallest absolute Gasteiger partial charge is 0.411 e. The number of aromatic nitrogens is 2. The number of amides is 4. The maximum absolute atomic E-state index is 12.5. The van der Waals surface area contributed by atoms with E-state index in [1.54, 1.807) is 12.4 Å². The summed E-state index contributed by atoms with van der Waals surface area (Å²) in [5, 5.41) is 29.9. The fraction of sp³-hybridized carbons (Fsp3) is 0.174. The van der Waals surface area contributed by atoms with E-state index in [1.165, 1.54) is 39.7 Å². The third-order valence-electron chi connectivity index (χ3n) is 4.96. The molecule has 0 fully saturated rings. The van der Waals surface area contributed by atoms with Gasteiger partial charge in [0, 0.05) is 12.1 Å². The van der Waals surface area contributed by atoms with Gasteiger partial charge in [0.15, 0.2) is 13.1 Å². The van der Waals surface area contributed by atoms with Gasteiger partial charge >= 0.3 is 12.2 Å². The Hall–Kier alpha value is -4.69. The number of hydrogen-bond donors (Lipinski definition) is 6. The molecule has 6 N–H and O–H groups in total. The summed E-state index contributed by atoms with van der Waals surface area (Å²) in [5.74, 6) is -1.65. The highest BCUT2D eigenvalue weighted by Gasteiger charge is 2.17. The van der Waals surface area contributed by atoms with E-state index in [4.69, 9.17) is 23.2 Å². The zero-order valence-corrected chi connectivity index (χ0v) is 22.0. The van der Waals surface area contributed by atoms with Gasteiger partial charge in [0.25, 0.3) is 11.8 Å². The maximum atomic E-state index is 12.5. The molecule has 0 spiro atoms. The van der Waals surface area contributed by atoms with E-state index in [1.807, 2.05) is 0 Å². The molecule has 2 aromatic carbocycles. The van der Waals surface area contributed by atoms with Crippen molar-refractivity contribution >= 4 is 70.0 Å². The van der Waals surface area contributed by atoms with Crippen molar-refractivity contribution in [1.82, 2.24) is 4.57 Å². The van der Waals surface area contributed by atoms with E-state index in [-0.39, 0.29) is 57.4 Å². The molecule has 1 aromatic heterocycles. The molecular formula is C23H23Cl2N6O8+. The molecule has 14 nitrogen and oxygen atoms in total. The number of nitrogens with one attached hydrogen (secondary N) is 4. The zero-order valence-electron chi connectivity index (χ0n) is 20.4. The number of carbonyl (C=O) groups is 4. The highest BCUT2D eigenvalue weighted by molar-refractivity contribution is 6.34. The molecular weight excluding hydrogens is 559 g/mol. The molecule has 0 aliphatic carbocycles. The van der Waals surface area contributed by atoms with Gasteiger partial charge in [-0.15, -0.1) is 0 Å². The molecule has 0 radical (unpaired) electrons. The Kier molecular flexibility index (Phi) is 9.41. The van der Waals surface area contributed by atoms with Gasteiger partial charge in [-0.1, -0.05) is 23.2 Å². The van der Waals surface area contributed by atoms with Gasteiger partial charge in [0.05, 0.1) is 47.0 Å². The molecule has 4 amide bonds. The van der Waals surface area contributed by atoms with Crippen LogP contribution in [0.25, 0.3) is 0 Å². The van der Waals surface area contributed by atoms with Crippen molar-refractivity contribution in [3.63, 3.8) is 0 Å². The Morgan fingerprint density at radius 2 is 1.28 bits per heavy atom. The number of methoxy groups -OCH3 is 2. The van der Waals surface area contributed by atoms with Gasteiger partial charge in [0.1, 0.15) is 23.9 Å². The maximum Gasteiger partial charge on any atom is 0.411 e. The van der Waals surface area contributed by atoms with Crippen LogP contribution in [0.5, 0.6) is 11.5 Å². The summed E-state index contributed by atoms with van der Waals surface area (Å²) in [7, 11) is 2.32. The lowest BCUT2D eigenvalue weighted by Gasteiger charge is -2.11. The van der Waals surface area contributed by atoms with Crippen molar-refractivity contribution in [1.29, 1.82) is 0 Å². The minimum absolute atomic E-state index is 0.000110. The number of imidazole rings is 1. The number of hydrogen-bond acceptors (Lipinski definition) is 8. The molecule has 206 valence electrons. The zero-order chi connectivity index (χ0) is 28.7. The van der Waals surface area contributed by atoms with Crippen molar-refractivity contribution in [3.8, 4) is 11.5 Å². The van der Waals surface area contributed by atoms with Crippen LogP contribution in [0.4, 0.5) is 32.3 Å². The van der Waals surface area contributed by atoms with Crippen LogP contribution in [0.1, 0.15) is 0 Å². The minimum atomic E-state index is -0.806. The van der Waals surface area contributed by atoms with Gasteiger partial charge in [-0.05, 0) is 12.1 Å². The quantitative estimate of drug-likeness (QED) is 0.173. The van der Waals surface area contributed by atoms with Crippen molar-refractivity contribution in [3.05, 3.63) is 53.0 Å². The molecule has 16 heteroatoms. The predicted octanol–water partition coefficient (Wildman–Crippen LogP) is 3.13. The molecule has 3 aromatic rings. The van der Waals surface area contributed by atoms with E-state index in [0.29, 0.717) is 0 Å². The van der Waals surface area contributed by atoms with Crippen LogP contribution >= 0.6 is 23.2 Å². The highest BCUT2D eigenvalue weighted by atomic mass is 35.5. The molecule has 0 aliphatic rings. The minimum Gasteiger partial charge on any atom is -0.506 e. The second-order valence-electron chi connectivity index (χ2n) is 7.79. The molecule has 0 saturated heterocycles. The average molecular weight is 582 g/mol. The third kappa shape index (κ3) is 7.90. The first-order valence-electron chi connectivity index (χ1n) is 10.9. The van der Waals surface area contributed by atoms with Gasteiger partial charge in [-0.2, -0.15) is 0 Å². The van der Waals surface area contributed by atoms with Crippen LogP contribution < -0.4 is 25.8 Å². The number of rotatable bonds is 8. The summed E-state index contributed by atoms with van der Waals surface area (Å²) in [6.07, 6.45) is 3.01. The Morgan fingerprint density at radius 1 is 0.795 bits per heavy atom. The van der Waals surface area contributed by atoms with Crippen LogP contribution in [-0.2, 0) is 32.2 Å². The lowest BCUT2D eigenvalue weighted by molar-refractivity contribution is -0.683. The first kappa shape index (κ1) is 28.9. The van der Waals surface area contributed by atoms with E-state index < -0.39 is 24.0 Å². The largest absolute Gasteiger partial charge is 0.506 e. The van der Waals surface area contributed by atoms with Crippen molar-refractivity contribution < 1.29 is 43.4 Å². The summed E-state index contributed by atoms with van der Waals surface area (Å²) < 4.78 is 11.9. The molecule has 1 heterocycles. The number of benzene rings is 2. The number of nitrogens with zero attached hydrogens (tertiary/aromatic N) is 2. The average Bonchev–Trinajstić information content (AvgIpc) is 3.30. The van der Waals surface area contributed by atoms with Gasteiger partial charge in [0.2, 0.25) is 6.33 Å². The second kappa shape index (κ2) is 12.7. The van der Waals surface area contributed by atoms with Crippen molar-refractivity contribution in [2.45, 2.75) is 13.1 Å². The SMILES string of the molecule is COC(=O)Nc1cc(Cl)c(NC(=O)Cn2cc[n+](CC(=O)Nc3cc(O)c(NC(=O)OC)cc3Cl)c2)cc1O. The molecule has 0 bridgehead atoms.